The topological polar surface area (TPSA) is 47.3 Å². The van der Waals surface area contributed by atoms with Gasteiger partial charge < -0.3 is 14.5 Å². The van der Waals surface area contributed by atoms with Crippen molar-refractivity contribution in [3.05, 3.63) is 17.3 Å². The third-order valence-corrected chi connectivity index (χ3v) is 3.49. The van der Waals surface area contributed by atoms with E-state index in [9.17, 15) is 0 Å². The molecular formula is C12H20N2O2. The Hall–Kier alpha value is -0.870. The molecule has 4 nitrogen and oxygen atoms in total. The highest BCUT2D eigenvalue weighted by Crippen LogP contribution is 2.34. The third kappa shape index (κ3) is 2.28. The summed E-state index contributed by atoms with van der Waals surface area (Å²) in [5, 5.41) is 3.35. The zero-order chi connectivity index (χ0) is 11.6. The van der Waals surface area contributed by atoms with Crippen molar-refractivity contribution in [1.29, 1.82) is 0 Å². The van der Waals surface area contributed by atoms with E-state index in [4.69, 9.17) is 9.15 Å². The Morgan fingerprint density at radius 2 is 2.19 bits per heavy atom. The van der Waals surface area contributed by atoms with Crippen LogP contribution < -0.4 is 5.32 Å². The van der Waals surface area contributed by atoms with Gasteiger partial charge in [0.05, 0.1) is 17.8 Å². The quantitative estimate of drug-likeness (QED) is 0.830. The summed E-state index contributed by atoms with van der Waals surface area (Å²) in [6, 6.07) is 0. The molecule has 1 heterocycles. The fraction of sp³-hybridized carbons (Fsp3) is 0.750. The first-order valence-electron chi connectivity index (χ1n) is 5.84. The summed E-state index contributed by atoms with van der Waals surface area (Å²) in [6.07, 6.45) is 3.58. The minimum atomic E-state index is 0.0662. The van der Waals surface area contributed by atoms with Gasteiger partial charge in [0.1, 0.15) is 5.76 Å². The minimum absolute atomic E-state index is 0.0662. The van der Waals surface area contributed by atoms with Crippen LogP contribution in [-0.4, -0.2) is 24.2 Å². The van der Waals surface area contributed by atoms with Crippen LogP contribution in [0.5, 0.6) is 0 Å². The van der Waals surface area contributed by atoms with Crippen molar-refractivity contribution in [1.82, 2.24) is 10.3 Å². The van der Waals surface area contributed by atoms with Crippen molar-refractivity contribution in [3.8, 4) is 0 Å². The van der Waals surface area contributed by atoms with E-state index >= 15 is 0 Å². The van der Waals surface area contributed by atoms with Gasteiger partial charge in [0.15, 0.2) is 0 Å². The molecule has 0 aliphatic heterocycles. The fourth-order valence-electron chi connectivity index (χ4n) is 2.04. The van der Waals surface area contributed by atoms with E-state index in [1.54, 1.807) is 7.11 Å². The van der Waals surface area contributed by atoms with Crippen molar-refractivity contribution < 1.29 is 9.15 Å². The normalized spacial score (nSPS) is 18.4. The number of hydrogen-bond donors (Lipinski definition) is 1. The Bertz CT molecular complexity index is 331. The number of methoxy groups -OCH3 is 1. The Morgan fingerprint density at radius 1 is 1.44 bits per heavy atom. The first kappa shape index (κ1) is 11.6. The molecule has 1 fully saturated rings. The van der Waals surface area contributed by atoms with E-state index in [0.717, 1.165) is 36.7 Å². The molecular weight excluding hydrogens is 204 g/mol. The van der Waals surface area contributed by atoms with Gasteiger partial charge in [-0.3, -0.25) is 0 Å². The largest absolute Gasteiger partial charge is 0.444 e. The van der Waals surface area contributed by atoms with Crippen molar-refractivity contribution in [2.75, 3.05) is 13.7 Å². The van der Waals surface area contributed by atoms with E-state index in [1.807, 2.05) is 13.8 Å². The Balaban J connectivity index is 1.79. The van der Waals surface area contributed by atoms with Gasteiger partial charge in [-0.1, -0.05) is 0 Å². The molecule has 1 aromatic heterocycles. The number of oxazole rings is 1. The predicted octanol–water partition coefficient (Wildman–Crippen LogP) is 1.95. The molecule has 1 aliphatic rings. The standard InChI is InChI=1S/C12H20N2O2/c1-9-10(2)16-11(14-9)7-13-8-12(15-3)5-4-6-12/h13H,4-8H2,1-3H3. The lowest BCUT2D eigenvalue weighted by molar-refractivity contribution is -0.0697. The summed E-state index contributed by atoms with van der Waals surface area (Å²) in [7, 11) is 1.79. The van der Waals surface area contributed by atoms with Gasteiger partial charge in [-0.25, -0.2) is 4.98 Å². The SMILES string of the molecule is COC1(CNCc2nc(C)c(C)o2)CCC1. The fourth-order valence-corrected chi connectivity index (χ4v) is 2.04. The van der Waals surface area contributed by atoms with Crippen molar-refractivity contribution >= 4 is 0 Å². The summed E-state index contributed by atoms with van der Waals surface area (Å²) in [4.78, 5) is 4.33. The Morgan fingerprint density at radius 3 is 2.62 bits per heavy atom. The Labute approximate surface area is 96.4 Å². The van der Waals surface area contributed by atoms with Crippen LogP contribution >= 0.6 is 0 Å². The van der Waals surface area contributed by atoms with Crippen LogP contribution in [-0.2, 0) is 11.3 Å². The molecule has 0 amide bonds. The summed E-state index contributed by atoms with van der Waals surface area (Å²) >= 11 is 0. The molecule has 0 unspecified atom stereocenters. The minimum Gasteiger partial charge on any atom is -0.444 e. The third-order valence-electron chi connectivity index (χ3n) is 3.49. The molecule has 0 radical (unpaired) electrons. The maximum atomic E-state index is 5.53. The number of ether oxygens (including phenoxy) is 1. The van der Waals surface area contributed by atoms with Gasteiger partial charge >= 0.3 is 0 Å². The van der Waals surface area contributed by atoms with Crippen LogP contribution in [0.3, 0.4) is 0 Å². The van der Waals surface area contributed by atoms with Gasteiger partial charge in [0.25, 0.3) is 0 Å². The molecule has 1 aromatic rings. The zero-order valence-corrected chi connectivity index (χ0v) is 10.3. The van der Waals surface area contributed by atoms with Gasteiger partial charge in [-0.05, 0) is 33.1 Å². The van der Waals surface area contributed by atoms with Gasteiger partial charge in [0, 0.05) is 13.7 Å². The molecule has 0 spiro atoms. The smallest absolute Gasteiger partial charge is 0.208 e. The molecule has 0 bridgehead atoms. The van der Waals surface area contributed by atoms with E-state index in [1.165, 1.54) is 6.42 Å². The van der Waals surface area contributed by atoms with E-state index in [0.29, 0.717) is 6.54 Å². The number of rotatable bonds is 5. The molecule has 16 heavy (non-hydrogen) atoms. The number of nitrogens with one attached hydrogen (secondary N) is 1. The first-order chi connectivity index (χ1) is 7.65. The molecule has 0 saturated heterocycles. The molecule has 0 atom stereocenters. The predicted molar refractivity (Wildman–Crippen MR) is 61.3 cm³/mol. The highest BCUT2D eigenvalue weighted by molar-refractivity contribution is 5.05. The van der Waals surface area contributed by atoms with E-state index in [-0.39, 0.29) is 5.60 Å². The van der Waals surface area contributed by atoms with Crippen molar-refractivity contribution in [2.24, 2.45) is 0 Å². The van der Waals surface area contributed by atoms with Crippen LogP contribution in [0.15, 0.2) is 4.42 Å². The first-order valence-corrected chi connectivity index (χ1v) is 5.84. The molecule has 1 aliphatic carbocycles. The van der Waals surface area contributed by atoms with Crippen molar-refractivity contribution in [3.63, 3.8) is 0 Å². The number of nitrogens with zero attached hydrogens (tertiary/aromatic N) is 1. The van der Waals surface area contributed by atoms with Gasteiger partial charge in [0.2, 0.25) is 5.89 Å². The second kappa shape index (κ2) is 4.55. The number of aromatic nitrogens is 1. The molecule has 4 heteroatoms. The average molecular weight is 224 g/mol. The Kier molecular flexibility index (Phi) is 3.30. The van der Waals surface area contributed by atoms with Crippen LogP contribution in [0, 0.1) is 13.8 Å². The molecule has 90 valence electrons. The van der Waals surface area contributed by atoms with E-state index in [2.05, 4.69) is 10.3 Å². The summed E-state index contributed by atoms with van der Waals surface area (Å²) in [5.41, 5.74) is 1.04. The molecule has 1 saturated carbocycles. The second-order valence-corrected chi connectivity index (χ2v) is 4.59. The lowest BCUT2D eigenvalue weighted by Gasteiger charge is -2.40. The lowest BCUT2D eigenvalue weighted by Crippen LogP contribution is -2.47. The molecule has 2 rings (SSSR count). The van der Waals surface area contributed by atoms with E-state index < -0.39 is 0 Å². The second-order valence-electron chi connectivity index (χ2n) is 4.59. The van der Waals surface area contributed by atoms with Gasteiger partial charge in [-0.2, -0.15) is 0 Å². The maximum Gasteiger partial charge on any atom is 0.208 e. The molecule has 1 N–H and O–H groups in total. The monoisotopic (exact) mass is 224 g/mol. The van der Waals surface area contributed by atoms with Crippen LogP contribution in [0.2, 0.25) is 0 Å². The average Bonchev–Trinajstić information content (AvgIpc) is 2.51. The lowest BCUT2D eigenvalue weighted by atomic mass is 9.80. The van der Waals surface area contributed by atoms with Gasteiger partial charge in [-0.15, -0.1) is 0 Å². The highest BCUT2D eigenvalue weighted by Gasteiger charge is 2.36. The van der Waals surface area contributed by atoms with Crippen LogP contribution in [0.4, 0.5) is 0 Å². The maximum absolute atomic E-state index is 5.53. The number of aryl methyl sites for hydroxylation is 2. The summed E-state index contributed by atoms with van der Waals surface area (Å²) < 4.78 is 11.0. The highest BCUT2D eigenvalue weighted by atomic mass is 16.5. The summed E-state index contributed by atoms with van der Waals surface area (Å²) in [6.45, 7) is 5.46. The summed E-state index contributed by atoms with van der Waals surface area (Å²) in [5.74, 6) is 1.67. The molecule has 0 aromatic carbocycles. The van der Waals surface area contributed by atoms with Crippen molar-refractivity contribution in [2.45, 2.75) is 45.3 Å². The van der Waals surface area contributed by atoms with Crippen LogP contribution in [0.1, 0.15) is 36.6 Å². The zero-order valence-electron chi connectivity index (χ0n) is 10.3. The number of hydrogen-bond acceptors (Lipinski definition) is 4. The van der Waals surface area contributed by atoms with Crippen LogP contribution in [0.25, 0.3) is 0 Å².